The maximum absolute atomic E-state index is 13.3. The van der Waals surface area contributed by atoms with Crippen LogP contribution in [0.2, 0.25) is 15.3 Å². The number of aromatic nitrogens is 1. The smallest absolute Gasteiger partial charge is 0.323 e. The summed E-state index contributed by atoms with van der Waals surface area (Å²) in [4.78, 5) is 24.4. The molecule has 1 aromatic heterocycles. The van der Waals surface area contributed by atoms with Crippen LogP contribution in [0.1, 0.15) is 68.6 Å². The Morgan fingerprint density at radius 3 is 1.76 bits per heavy atom. The third kappa shape index (κ3) is 4.57. The van der Waals surface area contributed by atoms with Crippen molar-refractivity contribution in [2.75, 3.05) is 0 Å². The van der Waals surface area contributed by atoms with E-state index in [9.17, 15) is 14.7 Å². The van der Waals surface area contributed by atoms with Crippen molar-refractivity contribution in [2.45, 2.75) is 58.9 Å². The van der Waals surface area contributed by atoms with Gasteiger partial charge in [0.15, 0.2) is 5.78 Å². The highest BCUT2D eigenvalue weighted by Crippen LogP contribution is 2.42. The van der Waals surface area contributed by atoms with Gasteiger partial charge in [0.1, 0.15) is 22.6 Å². The lowest BCUT2D eigenvalue weighted by atomic mass is 9.78. The number of carbonyl (C=O) groups excluding carboxylic acids is 1. The molecular formula is C21H24Cl3NO4. The second-order valence-corrected chi connectivity index (χ2v) is 10.1. The summed E-state index contributed by atoms with van der Waals surface area (Å²) < 4.78 is 1.07. The lowest BCUT2D eigenvalue weighted by molar-refractivity contribution is -0.137. The van der Waals surface area contributed by atoms with Crippen LogP contribution in [-0.4, -0.2) is 26.5 Å². The van der Waals surface area contributed by atoms with E-state index in [1.807, 2.05) is 41.5 Å². The normalized spacial score (nSPS) is 12.3. The van der Waals surface area contributed by atoms with Gasteiger partial charge in [-0.1, -0.05) is 76.3 Å². The molecule has 158 valence electrons. The molecule has 0 unspecified atom stereocenters. The van der Waals surface area contributed by atoms with Gasteiger partial charge in [0, 0.05) is 16.7 Å². The van der Waals surface area contributed by atoms with Crippen molar-refractivity contribution in [3.63, 3.8) is 0 Å². The van der Waals surface area contributed by atoms with E-state index < -0.39 is 29.1 Å². The summed E-state index contributed by atoms with van der Waals surface area (Å²) in [5, 5.41) is 19.5. The first-order valence-corrected chi connectivity index (χ1v) is 10.1. The molecule has 0 saturated carbocycles. The molecule has 0 saturated heterocycles. The molecule has 0 aliphatic carbocycles. The lowest BCUT2D eigenvalue weighted by Gasteiger charge is -2.28. The summed E-state index contributed by atoms with van der Waals surface area (Å²) in [6.07, 6.45) is 0. The number of carboxylic acids is 1. The van der Waals surface area contributed by atoms with Gasteiger partial charge in [0.25, 0.3) is 0 Å². The van der Waals surface area contributed by atoms with Gasteiger partial charge in [-0.3, -0.25) is 9.59 Å². The molecule has 0 aliphatic heterocycles. The first-order chi connectivity index (χ1) is 13.1. The molecule has 29 heavy (non-hydrogen) atoms. The molecule has 2 N–H and O–H groups in total. The molecule has 0 amide bonds. The number of rotatable bonds is 4. The van der Waals surface area contributed by atoms with Gasteiger partial charge in [-0.25, -0.2) is 0 Å². The third-order valence-electron chi connectivity index (χ3n) is 4.59. The Morgan fingerprint density at radius 1 is 0.931 bits per heavy atom. The van der Waals surface area contributed by atoms with Crippen LogP contribution in [0.15, 0.2) is 12.1 Å². The summed E-state index contributed by atoms with van der Waals surface area (Å²) >= 11 is 18.6. The van der Waals surface area contributed by atoms with Crippen molar-refractivity contribution in [1.82, 2.24) is 4.57 Å². The average Bonchev–Trinajstić information content (AvgIpc) is 2.75. The van der Waals surface area contributed by atoms with Crippen molar-refractivity contribution < 1.29 is 19.8 Å². The molecule has 5 nitrogen and oxygen atoms in total. The van der Waals surface area contributed by atoms with Gasteiger partial charge >= 0.3 is 5.97 Å². The number of aliphatic carboxylic acids is 1. The highest BCUT2D eigenvalue weighted by Gasteiger charge is 2.31. The maximum Gasteiger partial charge on any atom is 0.323 e. The summed E-state index contributed by atoms with van der Waals surface area (Å²) in [7, 11) is 0. The lowest BCUT2D eigenvalue weighted by Crippen LogP contribution is -2.19. The number of carbonyl (C=O) groups is 2. The molecule has 0 bridgehead atoms. The molecule has 2 aromatic rings. The number of phenols is 1. The van der Waals surface area contributed by atoms with Crippen molar-refractivity contribution >= 4 is 46.6 Å². The minimum absolute atomic E-state index is 0.0648. The van der Waals surface area contributed by atoms with E-state index >= 15 is 0 Å². The maximum atomic E-state index is 13.3. The van der Waals surface area contributed by atoms with Gasteiger partial charge < -0.3 is 14.8 Å². The van der Waals surface area contributed by atoms with Crippen LogP contribution in [-0.2, 0) is 22.2 Å². The fraction of sp³-hybridized carbons (Fsp3) is 0.429. The molecule has 0 spiro atoms. The zero-order valence-corrected chi connectivity index (χ0v) is 19.4. The standard InChI is InChI=1S/C21H24Cl3NO4/c1-20(2,3)11-7-10(8-12(17(11)29)21(4,5)6)16(28)14-15(22)19(24)25(18(14)23)9-13(26)27/h7-8,29H,9H2,1-6H3,(H,26,27). The third-order valence-corrected chi connectivity index (χ3v) is 5.84. The van der Waals surface area contributed by atoms with Crippen LogP contribution in [0.5, 0.6) is 5.75 Å². The van der Waals surface area contributed by atoms with Crippen molar-refractivity contribution in [1.29, 1.82) is 0 Å². The Labute approximate surface area is 185 Å². The zero-order valence-electron chi connectivity index (χ0n) is 17.2. The summed E-state index contributed by atoms with van der Waals surface area (Å²) in [6, 6.07) is 3.23. The van der Waals surface area contributed by atoms with E-state index in [0.717, 1.165) is 4.57 Å². The summed E-state index contributed by atoms with van der Waals surface area (Å²) in [6.45, 7) is 11.1. The second-order valence-electron chi connectivity index (χ2n) is 9.00. The van der Waals surface area contributed by atoms with Gasteiger partial charge in [-0.2, -0.15) is 0 Å². The SMILES string of the molecule is CC(C)(C)c1cc(C(=O)c2c(Cl)c(Cl)n(CC(=O)O)c2Cl)cc(C(C)(C)C)c1O. The average molecular weight is 461 g/mol. The molecule has 2 rings (SSSR count). The highest BCUT2D eigenvalue weighted by atomic mass is 35.5. The molecule has 1 aromatic carbocycles. The van der Waals surface area contributed by atoms with Gasteiger partial charge in [0.05, 0.1) is 10.6 Å². The number of benzene rings is 1. The predicted molar refractivity (Wildman–Crippen MR) is 116 cm³/mol. The van der Waals surface area contributed by atoms with Crippen LogP contribution in [0.25, 0.3) is 0 Å². The number of nitrogens with zero attached hydrogens (tertiary/aromatic N) is 1. The first-order valence-electron chi connectivity index (χ1n) is 8.94. The quantitative estimate of drug-likeness (QED) is 0.543. The van der Waals surface area contributed by atoms with E-state index in [1.165, 1.54) is 0 Å². The van der Waals surface area contributed by atoms with E-state index in [1.54, 1.807) is 12.1 Å². The number of halogens is 3. The second kappa shape index (κ2) is 7.86. The number of hydrogen-bond donors (Lipinski definition) is 2. The molecule has 8 heteroatoms. The Bertz CT molecular complexity index is 960. The van der Waals surface area contributed by atoms with Crippen LogP contribution >= 0.6 is 34.8 Å². The Hall–Kier alpha value is -1.69. The van der Waals surface area contributed by atoms with Crippen molar-refractivity contribution in [3.8, 4) is 5.75 Å². The zero-order chi connectivity index (χ0) is 22.5. The monoisotopic (exact) mass is 459 g/mol. The van der Waals surface area contributed by atoms with Crippen LogP contribution in [0.3, 0.4) is 0 Å². The minimum atomic E-state index is -1.17. The summed E-state index contributed by atoms with van der Waals surface area (Å²) in [5.41, 5.74) is 0.575. The fourth-order valence-corrected chi connectivity index (χ4v) is 3.99. The van der Waals surface area contributed by atoms with E-state index in [2.05, 4.69) is 0 Å². The molecule has 0 aliphatic rings. The van der Waals surface area contributed by atoms with Crippen LogP contribution in [0, 0.1) is 0 Å². The van der Waals surface area contributed by atoms with Crippen LogP contribution < -0.4 is 0 Å². The Balaban J connectivity index is 2.76. The number of carboxylic acid groups (broad SMARTS) is 1. The predicted octanol–water partition coefficient (Wildman–Crippen LogP) is 6.06. The Kier molecular flexibility index (Phi) is 6.39. The first kappa shape index (κ1) is 23.6. The molecule has 1 heterocycles. The molecular weight excluding hydrogens is 437 g/mol. The van der Waals surface area contributed by atoms with Gasteiger partial charge in [-0.05, 0) is 23.0 Å². The van der Waals surface area contributed by atoms with Gasteiger partial charge in [0.2, 0.25) is 0 Å². The fourth-order valence-electron chi connectivity index (χ4n) is 3.05. The number of hydrogen-bond acceptors (Lipinski definition) is 3. The number of phenolic OH excluding ortho intramolecular Hbond substituents is 1. The topological polar surface area (TPSA) is 79.5 Å². The minimum Gasteiger partial charge on any atom is -0.507 e. The van der Waals surface area contributed by atoms with E-state index in [-0.39, 0.29) is 32.2 Å². The Morgan fingerprint density at radius 2 is 1.38 bits per heavy atom. The molecule has 0 atom stereocenters. The van der Waals surface area contributed by atoms with E-state index in [0.29, 0.717) is 11.1 Å². The van der Waals surface area contributed by atoms with Crippen molar-refractivity contribution in [3.05, 3.63) is 49.7 Å². The molecule has 0 fully saturated rings. The number of aromatic hydroxyl groups is 1. The number of ketones is 1. The van der Waals surface area contributed by atoms with Crippen molar-refractivity contribution in [2.24, 2.45) is 0 Å². The van der Waals surface area contributed by atoms with Crippen LogP contribution in [0.4, 0.5) is 0 Å². The van der Waals surface area contributed by atoms with E-state index in [4.69, 9.17) is 39.9 Å². The summed E-state index contributed by atoms with van der Waals surface area (Å²) in [5.74, 6) is -1.53. The highest BCUT2D eigenvalue weighted by molar-refractivity contribution is 6.47. The molecule has 0 radical (unpaired) electrons. The van der Waals surface area contributed by atoms with Gasteiger partial charge in [-0.15, -0.1) is 0 Å². The largest absolute Gasteiger partial charge is 0.507 e.